The Morgan fingerprint density at radius 1 is 1.29 bits per heavy atom. The van der Waals surface area contributed by atoms with E-state index in [1.54, 1.807) is 0 Å². The molecule has 4 N–H and O–H groups in total. The minimum atomic E-state index is -0.549. The van der Waals surface area contributed by atoms with Gasteiger partial charge in [-0.3, -0.25) is 9.59 Å². The van der Waals surface area contributed by atoms with E-state index < -0.39 is 6.04 Å². The van der Waals surface area contributed by atoms with Gasteiger partial charge in [0, 0.05) is 19.5 Å². The summed E-state index contributed by atoms with van der Waals surface area (Å²) in [4.78, 5) is 22.1. The molecule has 2 amide bonds. The Balaban J connectivity index is 3.64. The molecule has 0 unspecified atom stereocenters. The van der Waals surface area contributed by atoms with Crippen LogP contribution in [0.2, 0.25) is 0 Å². The maximum Gasteiger partial charge on any atom is 0.236 e. The Labute approximate surface area is 84.4 Å². The van der Waals surface area contributed by atoms with Gasteiger partial charge in [-0.2, -0.15) is 0 Å². The van der Waals surface area contributed by atoms with E-state index in [1.807, 2.05) is 13.8 Å². The molecule has 0 aromatic heterocycles. The minimum absolute atomic E-state index is 0.0193. The smallest absolute Gasteiger partial charge is 0.236 e. The molecular weight excluding hydrogens is 182 g/mol. The van der Waals surface area contributed by atoms with Gasteiger partial charge >= 0.3 is 0 Å². The summed E-state index contributed by atoms with van der Waals surface area (Å²) < 4.78 is 0. The number of nitrogens with one attached hydrogen (secondary N) is 2. The van der Waals surface area contributed by atoms with Crippen LogP contribution in [0.5, 0.6) is 0 Å². The van der Waals surface area contributed by atoms with Gasteiger partial charge in [-0.1, -0.05) is 13.8 Å². The van der Waals surface area contributed by atoms with Crippen molar-refractivity contribution in [2.24, 2.45) is 11.7 Å². The Hall–Kier alpha value is -1.10. The molecular formula is C9H19N3O2. The van der Waals surface area contributed by atoms with Crippen molar-refractivity contribution in [2.45, 2.75) is 26.3 Å². The van der Waals surface area contributed by atoms with Gasteiger partial charge in [-0.25, -0.2) is 0 Å². The average Bonchev–Trinajstić information content (AvgIpc) is 2.15. The number of carbonyl (C=O) groups excluding carboxylic acids is 2. The fourth-order valence-corrected chi connectivity index (χ4v) is 0.871. The van der Waals surface area contributed by atoms with E-state index in [4.69, 9.17) is 5.73 Å². The highest BCUT2D eigenvalue weighted by atomic mass is 16.2. The molecule has 14 heavy (non-hydrogen) atoms. The van der Waals surface area contributed by atoms with E-state index >= 15 is 0 Å². The molecule has 82 valence electrons. The number of hydrogen-bond donors (Lipinski definition) is 3. The number of hydrogen-bond acceptors (Lipinski definition) is 3. The molecule has 0 aliphatic rings. The van der Waals surface area contributed by atoms with E-state index in [-0.39, 0.29) is 17.7 Å². The van der Waals surface area contributed by atoms with E-state index in [0.29, 0.717) is 13.0 Å². The zero-order valence-corrected chi connectivity index (χ0v) is 8.96. The molecule has 5 nitrogen and oxygen atoms in total. The fraction of sp³-hybridized carbons (Fsp3) is 0.778. The Morgan fingerprint density at radius 2 is 1.86 bits per heavy atom. The van der Waals surface area contributed by atoms with Crippen molar-refractivity contribution in [3.05, 3.63) is 0 Å². The molecule has 0 rings (SSSR count). The van der Waals surface area contributed by atoms with E-state index in [9.17, 15) is 9.59 Å². The average molecular weight is 201 g/mol. The van der Waals surface area contributed by atoms with E-state index in [0.717, 1.165) is 0 Å². The van der Waals surface area contributed by atoms with Crippen LogP contribution < -0.4 is 16.4 Å². The largest absolute Gasteiger partial charge is 0.358 e. The highest BCUT2D eigenvalue weighted by Crippen LogP contribution is 1.91. The molecule has 0 heterocycles. The first-order valence-electron chi connectivity index (χ1n) is 4.74. The third kappa shape index (κ3) is 4.81. The van der Waals surface area contributed by atoms with Crippen molar-refractivity contribution >= 4 is 11.8 Å². The Morgan fingerprint density at radius 3 is 2.29 bits per heavy atom. The summed E-state index contributed by atoms with van der Waals surface area (Å²) >= 11 is 0. The highest BCUT2D eigenvalue weighted by molar-refractivity contribution is 5.81. The number of nitrogens with two attached hydrogens (primary N) is 1. The van der Waals surface area contributed by atoms with Crippen LogP contribution in [-0.2, 0) is 9.59 Å². The van der Waals surface area contributed by atoms with Crippen LogP contribution in [0.4, 0.5) is 0 Å². The normalized spacial score (nSPS) is 12.4. The second kappa shape index (κ2) is 6.37. The van der Waals surface area contributed by atoms with Crippen molar-refractivity contribution in [3.8, 4) is 0 Å². The second-order valence-corrected chi connectivity index (χ2v) is 3.46. The predicted octanol–water partition coefficient (Wildman–Crippen LogP) is -0.778. The summed E-state index contributed by atoms with van der Waals surface area (Å²) in [5.74, 6) is -0.260. The molecule has 0 spiro atoms. The summed E-state index contributed by atoms with van der Waals surface area (Å²) in [6.07, 6.45) is 0.456. The van der Waals surface area contributed by atoms with Crippen LogP contribution in [0.1, 0.15) is 20.3 Å². The molecule has 0 aromatic carbocycles. The van der Waals surface area contributed by atoms with Crippen LogP contribution in [-0.4, -0.2) is 31.4 Å². The third-order valence-corrected chi connectivity index (χ3v) is 1.86. The SMILES string of the molecule is CNC(=O)[C@@H](N)CCNC(=O)C(C)C. The first-order chi connectivity index (χ1) is 6.49. The Bertz CT molecular complexity index is 204. The number of likely N-dealkylation sites (N-methyl/N-ethyl adjacent to an activating group) is 1. The van der Waals surface area contributed by atoms with Gasteiger partial charge in [0.05, 0.1) is 6.04 Å². The van der Waals surface area contributed by atoms with Gasteiger partial charge in [0.25, 0.3) is 0 Å². The summed E-state index contributed by atoms with van der Waals surface area (Å²) in [5.41, 5.74) is 5.53. The minimum Gasteiger partial charge on any atom is -0.358 e. The van der Waals surface area contributed by atoms with Crippen molar-refractivity contribution < 1.29 is 9.59 Å². The van der Waals surface area contributed by atoms with Gasteiger partial charge in [0.15, 0.2) is 0 Å². The van der Waals surface area contributed by atoms with Crippen LogP contribution in [0.25, 0.3) is 0 Å². The van der Waals surface area contributed by atoms with Gasteiger partial charge in [-0.05, 0) is 6.42 Å². The van der Waals surface area contributed by atoms with Gasteiger partial charge in [0.2, 0.25) is 11.8 Å². The standard InChI is InChI=1S/C9H19N3O2/c1-6(2)8(13)12-5-4-7(10)9(14)11-3/h6-7H,4-5,10H2,1-3H3,(H,11,14)(H,12,13)/t7-/m0/s1. The molecule has 0 saturated heterocycles. The maximum absolute atomic E-state index is 11.1. The molecule has 0 radical (unpaired) electrons. The molecule has 0 aliphatic heterocycles. The molecule has 5 heteroatoms. The van der Waals surface area contributed by atoms with Crippen molar-refractivity contribution in [2.75, 3.05) is 13.6 Å². The van der Waals surface area contributed by atoms with Crippen LogP contribution >= 0.6 is 0 Å². The quantitative estimate of drug-likeness (QED) is 0.545. The fourth-order valence-electron chi connectivity index (χ4n) is 0.871. The molecule has 0 aliphatic carbocycles. The van der Waals surface area contributed by atoms with E-state index in [1.165, 1.54) is 7.05 Å². The third-order valence-electron chi connectivity index (χ3n) is 1.86. The summed E-state index contributed by atoms with van der Waals surface area (Å²) in [5, 5.41) is 5.14. The van der Waals surface area contributed by atoms with E-state index in [2.05, 4.69) is 10.6 Å². The van der Waals surface area contributed by atoms with Crippen molar-refractivity contribution in [3.63, 3.8) is 0 Å². The summed E-state index contributed by atoms with van der Waals surface area (Å²) in [6.45, 7) is 4.06. The van der Waals surface area contributed by atoms with Gasteiger partial charge in [0.1, 0.15) is 0 Å². The first kappa shape index (κ1) is 12.9. The van der Waals surface area contributed by atoms with Crippen molar-refractivity contribution in [1.29, 1.82) is 0 Å². The van der Waals surface area contributed by atoms with Gasteiger partial charge in [-0.15, -0.1) is 0 Å². The molecule has 0 fully saturated rings. The zero-order chi connectivity index (χ0) is 11.1. The molecule has 0 bridgehead atoms. The van der Waals surface area contributed by atoms with Crippen molar-refractivity contribution in [1.82, 2.24) is 10.6 Å². The van der Waals surface area contributed by atoms with Crippen LogP contribution in [0.3, 0.4) is 0 Å². The lowest BCUT2D eigenvalue weighted by Crippen LogP contribution is -2.41. The molecule has 1 atom stereocenters. The summed E-state index contributed by atoms with van der Waals surface area (Å²) in [7, 11) is 1.54. The monoisotopic (exact) mass is 201 g/mol. The first-order valence-corrected chi connectivity index (χ1v) is 4.74. The Kier molecular flexibility index (Phi) is 5.87. The molecule has 0 aromatic rings. The zero-order valence-electron chi connectivity index (χ0n) is 8.96. The van der Waals surface area contributed by atoms with Crippen LogP contribution in [0.15, 0.2) is 0 Å². The number of amides is 2. The predicted molar refractivity (Wildman–Crippen MR) is 54.5 cm³/mol. The second-order valence-electron chi connectivity index (χ2n) is 3.46. The highest BCUT2D eigenvalue weighted by Gasteiger charge is 2.12. The molecule has 0 saturated carbocycles. The van der Waals surface area contributed by atoms with Gasteiger partial charge < -0.3 is 16.4 Å². The number of carbonyl (C=O) groups is 2. The lowest BCUT2D eigenvalue weighted by atomic mass is 10.2. The lowest BCUT2D eigenvalue weighted by molar-refractivity contribution is -0.125. The summed E-state index contributed by atoms with van der Waals surface area (Å²) in [6, 6.07) is -0.549. The number of rotatable bonds is 5. The lowest BCUT2D eigenvalue weighted by Gasteiger charge is -2.11. The van der Waals surface area contributed by atoms with Crippen LogP contribution in [0, 0.1) is 5.92 Å². The topological polar surface area (TPSA) is 84.2 Å². The maximum atomic E-state index is 11.1.